The van der Waals surface area contributed by atoms with E-state index >= 15 is 0 Å². The summed E-state index contributed by atoms with van der Waals surface area (Å²) in [5.41, 5.74) is 1.15. The summed E-state index contributed by atoms with van der Waals surface area (Å²) in [6.45, 7) is 1.10. The van der Waals surface area contributed by atoms with Gasteiger partial charge in [0.1, 0.15) is 13.2 Å². The molecule has 2 aromatic carbocycles. The first-order valence-electron chi connectivity index (χ1n) is 7.25. The molecular formula is C17H16ClNO4. The summed E-state index contributed by atoms with van der Waals surface area (Å²) in [5.74, 6) is 1.01. The van der Waals surface area contributed by atoms with Crippen LogP contribution in [0.5, 0.6) is 11.5 Å². The Bertz CT molecular complexity index is 702. The molecule has 2 aromatic rings. The van der Waals surface area contributed by atoms with E-state index in [9.17, 15) is 9.90 Å². The molecule has 0 aliphatic carbocycles. The van der Waals surface area contributed by atoms with Gasteiger partial charge >= 0.3 is 0 Å². The number of halogens is 1. The Morgan fingerprint density at radius 2 is 1.83 bits per heavy atom. The van der Waals surface area contributed by atoms with Gasteiger partial charge in [0.05, 0.1) is 6.10 Å². The van der Waals surface area contributed by atoms with E-state index in [1.807, 2.05) is 0 Å². The standard InChI is InChI=1S/C17H16ClNO4/c18-13-4-1-11(2-5-13)17(21)19-10-14(20)12-3-6-15-16(9-12)23-8-7-22-15/h1-6,9,14,20H,7-8,10H2,(H,19,21). The number of ether oxygens (including phenoxy) is 2. The highest BCUT2D eigenvalue weighted by atomic mass is 35.5. The molecule has 3 rings (SSSR count). The lowest BCUT2D eigenvalue weighted by Gasteiger charge is -2.20. The molecule has 0 radical (unpaired) electrons. The Labute approximate surface area is 138 Å². The van der Waals surface area contributed by atoms with Gasteiger partial charge in [-0.25, -0.2) is 0 Å². The number of hydrogen-bond donors (Lipinski definition) is 2. The van der Waals surface area contributed by atoms with Gasteiger partial charge in [-0.2, -0.15) is 0 Å². The molecule has 1 aliphatic heterocycles. The highest BCUT2D eigenvalue weighted by Gasteiger charge is 2.16. The summed E-state index contributed by atoms with van der Waals surface area (Å²) in [6.07, 6.45) is -0.831. The molecule has 5 nitrogen and oxygen atoms in total. The maximum atomic E-state index is 12.0. The van der Waals surface area contributed by atoms with Gasteiger partial charge in [-0.3, -0.25) is 4.79 Å². The van der Waals surface area contributed by atoms with Crippen molar-refractivity contribution in [3.05, 3.63) is 58.6 Å². The number of hydrogen-bond acceptors (Lipinski definition) is 4. The van der Waals surface area contributed by atoms with Crippen LogP contribution in [0.15, 0.2) is 42.5 Å². The van der Waals surface area contributed by atoms with Crippen molar-refractivity contribution in [1.82, 2.24) is 5.32 Å². The fourth-order valence-corrected chi connectivity index (χ4v) is 2.40. The third kappa shape index (κ3) is 3.75. The minimum atomic E-state index is -0.831. The average Bonchev–Trinajstić information content (AvgIpc) is 2.59. The second kappa shape index (κ2) is 6.89. The first-order valence-corrected chi connectivity index (χ1v) is 7.62. The van der Waals surface area contributed by atoms with Crippen LogP contribution in [0.3, 0.4) is 0 Å². The number of benzene rings is 2. The lowest BCUT2D eigenvalue weighted by Crippen LogP contribution is -2.28. The average molecular weight is 334 g/mol. The Morgan fingerprint density at radius 1 is 1.13 bits per heavy atom. The summed E-state index contributed by atoms with van der Waals surface area (Å²) in [7, 11) is 0. The smallest absolute Gasteiger partial charge is 0.251 e. The number of amides is 1. The molecule has 1 atom stereocenters. The van der Waals surface area contributed by atoms with E-state index in [2.05, 4.69) is 5.32 Å². The quantitative estimate of drug-likeness (QED) is 0.902. The van der Waals surface area contributed by atoms with Gasteiger partial charge in [-0.1, -0.05) is 17.7 Å². The summed E-state index contributed by atoms with van der Waals surface area (Å²) in [4.78, 5) is 12.0. The van der Waals surface area contributed by atoms with Gasteiger partial charge in [-0.05, 0) is 42.0 Å². The molecular weight excluding hydrogens is 318 g/mol. The monoisotopic (exact) mass is 333 g/mol. The minimum Gasteiger partial charge on any atom is -0.486 e. The number of aliphatic hydroxyl groups is 1. The van der Waals surface area contributed by atoms with Crippen LogP contribution in [0.25, 0.3) is 0 Å². The van der Waals surface area contributed by atoms with Crippen LogP contribution in [0.2, 0.25) is 5.02 Å². The third-order valence-electron chi connectivity index (χ3n) is 3.51. The van der Waals surface area contributed by atoms with Gasteiger partial charge in [0.15, 0.2) is 11.5 Å². The van der Waals surface area contributed by atoms with Gasteiger partial charge in [-0.15, -0.1) is 0 Å². The first kappa shape index (κ1) is 15.6. The number of aliphatic hydroxyl groups excluding tert-OH is 1. The first-order chi connectivity index (χ1) is 11.1. The number of rotatable bonds is 4. The fourth-order valence-electron chi connectivity index (χ4n) is 2.28. The largest absolute Gasteiger partial charge is 0.486 e. The second-order valence-electron chi connectivity index (χ2n) is 5.14. The number of carbonyl (C=O) groups excluding carboxylic acids is 1. The minimum absolute atomic E-state index is 0.0983. The highest BCUT2D eigenvalue weighted by molar-refractivity contribution is 6.30. The van der Waals surface area contributed by atoms with Crippen molar-refractivity contribution < 1.29 is 19.4 Å². The van der Waals surface area contributed by atoms with Crippen LogP contribution in [0.4, 0.5) is 0 Å². The maximum Gasteiger partial charge on any atom is 0.251 e. The highest BCUT2D eigenvalue weighted by Crippen LogP contribution is 2.32. The van der Waals surface area contributed by atoms with E-state index in [1.54, 1.807) is 42.5 Å². The molecule has 2 N–H and O–H groups in total. The molecule has 1 heterocycles. The second-order valence-corrected chi connectivity index (χ2v) is 5.57. The van der Waals surface area contributed by atoms with E-state index in [0.717, 1.165) is 0 Å². The van der Waals surface area contributed by atoms with E-state index < -0.39 is 6.10 Å². The zero-order chi connectivity index (χ0) is 16.2. The third-order valence-corrected chi connectivity index (χ3v) is 3.77. The van der Waals surface area contributed by atoms with Crippen LogP contribution in [0.1, 0.15) is 22.0 Å². The van der Waals surface area contributed by atoms with E-state index in [-0.39, 0.29) is 12.5 Å². The number of carbonyl (C=O) groups is 1. The SMILES string of the molecule is O=C(NCC(O)c1ccc2c(c1)OCCO2)c1ccc(Cl)cc1. The summed E-state index contributed by atoms with van der Waals surface area (Å²) < 4.78 is 10.9. The molecule has 0 fully saturated rings. The Morgan fingerprint density at radius 3 is 2.57 bits per heavy atom. The molecule has 120 valence electrons. The fraction of sp³-hybridized carbons (Fsp3) is 0.235. The normalized spacial score (nSPS) is 14.2. The van der Waals surface area contributed by atoms with Crippen molar-refractivity contribution in [2.24, 2.45) is 0 Å². The lowest BCUT2D eigenvalue weighted by molar-refractivity contribution is 0.0916. The van der Waals surface area contributed by atoms with Gasteiger partial charge in [0.25, 0.3) is 5.91 Å². The number of nitrogens with one attached hydrogen (secondary N) is 1. The van der Waals surface area contributed by atoms with E-state index in [1.165, 1.54) is 0 Å². The van der Waals surface area contributed by atoms with Gasteiger partial charge < -0.3 is 19.9 Å². The van der Waals surface area contributed by atoms with Crippen molar-refractivity contribution in [3.63, 3.8) is 0 Å². The summed E-state index contributed by atoms with van der Waals surface area (Å²) >= 11 is 5.79. The van der Waals surface area contributed by atoms with E-state index in [4.69, 9.17) is 21.1 Å². The molecule has 0 saturated heterocycles. The molecule has 0 bridgehead atoms. The van der Waals surface area contributed by atoms with Crippen LogP contribution in [-0.4, -0.2) is 30.8 Å². The Hall–Kier alpha value is -2.24. The Balaban J connectivity index is 1.61. The van der Waals surface area contributed by atoms with Crippen LogP contribution in [0, 0.1) is 0 Å². The Kier molecular flexibility index (Phi) is 4.69. The molecule has 1 aliphatic rings. The maximum absolute atomic E-state index is 12.0. The number of fused-ring (bicyclic) bond motifs is 1. The van der Waals surface area contributed by atoms with Crippen LogP contribution in [-0.2, 0) is 0 Å². The van der Waals surface area contributed by atoms with Crippen molar-refractivity contribution in [3.8, 4) is 11.5 Å². The molecule has 1 amide bonds. The van der Waals surface area contributed by atoms with Crippen molar-refractivity contribution >= 4 is 17.5 Å². The lowest BCUT2D eigenvalue weighted by atomic mass is 10.1. The summed E-state index contributed by atoms with van der Waals surface area (Å²) in [5, 5.41) is 13.5. The van der Waals surface area contributed by atoms with Crippen molar-refractivity contribution in [2.45, 2.75) is 6.10 Å². The van der Waals surface area contributed by atoms with Gasteiger partial charge in [0, 0.05) is 17.1 Å². The molecule has 6 heteroatoms. The van der Waals surface area contributed by atoms with Crippen molar-refractivity contribution in [1.29, 1.82) is 0 Å². The molecule has 0 aromatic heterocycles. The zero-order valence-corrected chi connectivity index (χ0v) is 13.0. The van der Waals surface area contributed by atoms with Crippen molar-refractivity contribution in [2.75, 3.05) is 19.8 Å². The zero-order valence-electron chi connectivity index (χ0n) is 12.3. The predicted molar refractivity (Wildman–Crippen MR) is 86.2 cm³/mol. The van der Waals surface area contributed by atoms with Gasteiger partial charge in [0.2, 0.25) is 0 Å². The van der Waals surface area contributed by atoms with Crippen LogP contribution < -0.4 is 14.8 Å². The predicted octanol–water partition coefficient (Wildman–Crippen LogP) is 2.57. The topological polar surface area (TPSA) is 67.8 Å². The molecule has 0 saturated carbocycles. The van der Waals surface area contributed by atoms with Crippen LogP contribution >= 0.6 is 11.6 Å². The summed E-state index contributed by atoms with van der Waals surface area (Å²) in [6, 6.07) is 11.8. The molecule has 0 spiro atoms. The van der Waals surface area contributed by atoms with E-state index in [0.29, 0.717) is 40.9 Å². The molecule has 1 unspecified atom stereocenters. The molecule has 23 heavy (non-hydrogen) atoms.